The van der Waals surface area contributed by atoms with Crippen LogP contribution in [0.3, 0.4) is 0 Å². The van der Waals surface area contributed by atoms with Crippen molar-refractivity contribution < 1.29 is 19.6 Å². The number of aliphatic hydroxyl groups excluding tert-OH is 1. The molecule has 0 atom stereocenters. The number of ether oxygens (including phenoxy) is 1. The van der Waals surface area contributed by atoms with Crippen LogP contribution < -0.4 is 0 Å². The smallest absolute Gasteiger partial charge is 0.345 e. The van der Waals surface area contributed by atoms with Gasteiger partial charge in [0.1, 0.15) is 23.8 Å². The first kappa shape index (κ1) is 18.6. The van der Waals surface area contributed by atoms with Gasteiger partial charge in [0.15, 0.2) is 11.6 Å². The van der Waals surface area contributed by atoms with Gasteiger partial charge < -0.3 is 14.8 Å². The van der Waals surface area contributed by atoms with Gasteiger partial charge in [0.25, 0.3) is 5.69 Å². The van der Waals surface area contributed by atoms with Crippen LogP contribution in [0.2, 0.25) is 0 Å². The van der Waals surface area contributed by atoms with E-state index in [4.69, 9.17) is 4.74 Å². The maximum atomic E-state index is 12.2. The molecule has 1 aromatic heterocycles. The summed E-state index contributed by atoms with van der Waals surface area (Å²) in [4.78, 5) is 29.9. The number of nitriles is 1. The third-order valence-corrected chi connectivity index (χ3v) is 4.01. The van der Waals surface area contributed by atoms with Gasteiger partial charge in [0, 0.05) is 5.56 Å². The van der Waals surface area contributed by atoms with Gasteiger partial charge in [-0.1, -0.05) is 24.3 Å². The van der Waals surface area contributed by atoms with Crippen molar-refractivity contribution in [2.45, 2.75) is 6.92 Å². The van der Waals surface area contributed by atoms with E-state index in [9.17, 15) is 25.3 Å². The Kier molecular flexibility index (Phi) is 5.04. The number of imidazole rings is 1. The fourth-order valence-electron chi connectivity index (χ4n) is 2.68. The standard InChI is InChI=1S/C19H14N4O5/c1-11-5-4-6-12(17(11)23(26)27)19(25)28-10-16(24)13(9-20)18-21-14-7-2-3-8-15(14)22-18/h2-8,24H,10H2,1H3,(H,21,22). The number of aliphatic hydroxyl groups is 1. The molecule has 9 heteroatoms. The highest BCUT2D eigenvalue weighted by Gasteiger charge is 2.24. The first-order valence-electron chi connectivity index (χ1n) is 8.11. The van der Waals surface area contributed by atoms with E-state index in [1.165, 1.54) is 25.1 Å². The lowest BCUT2D eigenvalue weighted by molar-refractivity contribution is -0.385. The highest BCUT2D eigenvalue weighted by atomic mass is 16.6. The van der Waals surface area contributed by atoms with Gasteiger partial charge in [-0.3, -0.25) is 10.1 Å². The maximum absolute atomic E-state index is 12.2. The SMILES string of the molecule is Cc1cccc(C(=O)OCC(O)=C(C#N)c2nc3ccccc3[nH]2)c1[N+](=O)[O-]. The molecule has 0 fully saturated rings. The number of carbonyl (C=O) groups is 1. The molecule has 0 aliphatic rings. The maximum Gasteiger partial charge on any atom is 0.345 e. The zero-order chi connectivity index (χ0) is 20.3. The molecule has 0 radical (unpaired) electrons. The van der Waals surface area contributed by atoms with E-state index in [-0.39, 0.29) is 22.6 Å². The lowest BCUT2D eigenvalue weighted by Crippen LogP contribution is -2.12. The first-order chi connectivity index (χ1) is 13.4. The Labute approximate surface area is 158 Å². The third-order valence-electron chi connectivity index (χ3n) is 4.01. The lowest BCUT2D eigenvalue weighted by atomic mass is 10.1. The fraction of sp³-hybridized carbons (Fsp3) is 0.105. The number of nitrogens with zero attached hydrogens (tertiary/aromatic N) is 3. The number of nitro benzene ring substituents is 1. The van der Waals surface area contributed by atoms with E-state index in [1.807, 2.05) is 6.07 Å². The zero-order valence-electron chi connectivity index (χ0n) is 14.7. The molecular weight excluding hydrogens is 364 g/mol. The summed E-state index contributed by atoms with van der Waals surface area (Å²) in [6.07, 6.45) is 0. The molecule has 9 nitrogen and oxygen atoms in total. The molecule has 0 aliphatic heterocycles. The van der Waals surface area contributed by atoms with Crippen molar-refractivity contribution >= 4 is 28.3 Å². The summed E-state index contributed by atoms with van der Waals surface area (Å²) in [5.41, 5.74) is 0.784. The van der Waals surface area contributed by atoms with Crippen LogP contribution >= 0.6 is 0 Å². The average molecular weight is 378 g/mol. The van der Waals surface area contributed by atoms with Crippen LogP contribution in [-0.2, 0) is 4.74 Å². The van der Waals surface area contributed by atoms with Gasteiger partial charge in [-0.15, -0.1) is 0 Å². The largest absolute Gasteiger partial charge is 0.507 e. The summed E-state index contributed by atoms with van der Waals surface area (Å²) in [7, 11) is 0. The summed E-state index contributed by atoms with van der Waals surface area (Å²) in [6, 6.07) is 13.1. The van der Waals surface area contributed by atoms with Crippen molar-refractivity contribution in [3.63, 3.8) is 0 Å². The molecule has 3 aromatic rings. The number of aromatic nitrogens is 2. The van der Waals surface area contributed by atoms with Crippen molar-refractivity contribution in [3.05, 3.63) is 75.3 Å². The molecule has 0 saturated carbocycles. The molecule has 0 saturated heterocycles. The molecule has 0 bridgehead atoms. The number of hydrogen-bond acceptors (Lipinski definition) is 7. The number of aromatic amines is 1. The minimum Gasteiger partial charge on any atom is -0.507 e. The number of H-pyrrole nitrogens is 1. The molecule has 3 rings (SSSR count). The van der Waals surface area contributed by atoms with Gasteiger partial charge in [-0.2, -0.15) is 5.26 Å². The second-order valence-corrected chi connectivity index (χ2v) is 5.84. The summed E-state index contributed by atoms with van der Waals surface area (Å²) in [5.74, 6) is -1.38. The van der Waals surface area contributed by atoms with Crippen molar-refractivity contribution in [2.24, 2.45) is 0 Å². The van der Waals surface area contributed by atoms with E-state index in [2.05, 4.69) is 9.97 Å². The lowest BCUT2D eigenvalue weighted by Gasteiger charge is -2.07. The van der Waals surface area contributed by atoms with Crippen LogP contribution in [0.15, 0.2) is 48.2 Å². The minimum atomic E-state index is -0.983. The van der Waals surface area contributed by atoms with E-state index >= 15 is 0 Å². The predicted octanol–water partition coefficient (Wildman–Crippen LogP) is 3.43. The number of allylic oxidation sites excluding steroid dienone is 1. The second kappa shape index (κ2) is 7.59. The molecule has 0 spiro atoms. The average Bonchev–Trinajstić information content (AvgIpc) is 3.09. The van der Waals surface area contributed by atoms with Crippen molar-refractivity contribution in [1.82, 2.24) is 9.97 Å². The molecular formula is C19H14N4O5. The monoisotopic (exact) mass is 378 g/mol. The number of para-hydroxylation sites is 3. The molecule has 0 unspecified atom stereocenters. The number of aryl methyl sites for hydroxylation is 1. The number of nitro groups is 1. The topological polar surface area (TPSA) is 142 Å². The fourth-order valence-corrected chi connectivity index (χ4v) is 2.68. The quantitative estimate of drug-likeness (QED) is 0.228. The van der Waals surface area contributed by atoms with Crippen LogP contribution in [-0.4, -0.2) is 32.6 Å². The van der Waals surface area contributed by atoms with Crippen molar-refractivity contribution in [3.8, 4) is 6.07 Å². The summed E-state index contributed by atoms with van der Waals surface area (Å²) >= 11 is 0. The number of hydrogen-bond donors (Lipinski definition) is 2. The summed E-state index contributed by atoms with van der Waals surface area (Å²) < 4.78 is 4.97. The molecule has 0 amide bonds. The molecule has 1 heterocycles. The highest BCUT2D eigenvalue weighted by molar-refractivity contribution is 5.94. The number of esters is 1. The Morgan fingerprint density at radius 3 is 2.75 bits per heavy atom. The van der Waals surface area contributed by atoms with Crippen molar-refractivity contribution in [1.29, 1.82) is 5.26 Å². The van der Waals surface area contributed by atoms with Gasteiger partial charge >= 0.3 is 5.97 Å². The number of fused-ring (bicyclic) bond motifs is 1. The van der Waals surface area contributed by atoms with E-state index in [0.29, 0.717) is 16.6 Å². The minimum absolute atomic E-state index is 0.124. The van der Waals surface area contributed by atoms with Crippen LogP contribution in [0.4, 0.5) is 5.69 Å². The van der Waals surface area contributed by atoms with Crippen molar-refractivity contribution in [2.75, 3.05) is 6.61 Å². The van der Waals surface area contributed by atoms with Gasteiger partial charge in [0.05, 0.1) is 16.0 Å². The van der Waals surface area contributed by atoms with E-state index < -0.39 is 23.3 Å². The van der Waals surface area contributed by atoms with E-state index in [0.717, 1.165) is 0 Å². The number of rotatable bonds is 5. The predicted molar refractivity (Wildman–Crippen MR) is 99.4 cm³/mol. The molecule has 2 N–H and O–H groups in total. The molecule has 2 aromatic carbocycles. The van der Waals surface area contributed by atoms with Crippen LogP contribution in [0.5, 0.6) is 0 Å². The molecule has 28 heavy (non-hydrogen) atoms. The molecule has 140 valence electrons. The summed E-state index contributed by atoms with van der Waals surface area (Å²) in [5, 5.41) is 30.7. The Morgan fingerprint density at radius 2 is 2.07 bits per heavy atom. The Morgan fingerprint density at radius 1 is 1.32 bits per heavy atom. The summed E-state index contributed by atoms with van der Waals surface area (Å²) in [6.45, 7) is 0.867. The number of nitrogens with one attached hydrogen (secondary N) is 1. The number of carbonyl (C=O) groups excluding carboxylic acids is 1. The highest BCUT2D eigenvalue weighted by Crippen LogP contribution is 2.24. The molecule has 0 aliphatic carbocycles. The Hall–Kier alpha value is -4.19. The van der Waals surface area contributed by atoms with Gasteiger partial charge in [0.2, 0.25) is 0 Å². The second-order valence-electron chi connectivity index (χ2n) is 5.84. The van der Waals surface area contributed by atoms with Gasteiger partial charge in [-0.05, 0) is 25.1 Å². The third kappa shape index (κ3) is 3.52. The normalized spacial score (nSPS) is 11.6. The Balaban J connectivity index is 1.85. The Bertz CT molecular complexity index is 1120. The van der Waals surface area contributed by atoms with E-state index in [1.54, 1.807) is 24.3 Å². The van der Waals surface area contributed by atoms with Crippen LogP contribution in [0, 0.1) is 28.4 Å². The van der Waals surface area contributed by atoms with Crippen LogP contribution in [0.1, 0.15) is 21.7 Å². The zero-order valence-corrected chi connectivity index (χ0v) is 14.7. The van der Waals surface area contributed by atoms with Crippen LogP contribution in [0.25, 0.3) is 16.6 Å². The number of benzene rings is 2. The first-order valence-corrected chi connectivity index (χ1v) is 8.11. The van der Waals surface area contributed by atoms with Gasteiger partial charge in [-0.25, -0.2) is 9.78 Å².